The van der Waals surface area contributed by atoms with E-state index in [1.807, 2.05) is 24.3 Å². The van der Waals surface area contributed by atoms with Gasteiger partial charge < -0.3 is 4.74 Å². The molecule has 0 N–H and O–H groups in total. The van der Waals surface area contributed by atoms with E-state index in [9.17, 15) is 0 Å². The number of nitriles is 1. The summed E-state index contributed by atoms with van der Waals surface area (Å²) in [5.41, 5.74) is 1.84. The summed E-state index contributed by atoms with van der Waals surface area (Å²) in [5.74, 6) is 0. The Bertz CT molecular complexity index is 654. The molecule has 140 valence electrons. The first-order valence-electron chi connectivity index (χ1n) is 10.1. The second-order valence-corrected chi connectivity index (χ2v) is 7.88. The van der Waals surface area contributed by atoms with Crippen LogP contribution in [-0.2, 0) is 0 Å². The van der Waals surface area contributed by atoms with Gasteiger partial charge in [0.25, 0.3) is 0 Å². The fourth-order valence-corrected chi connectivity index (χ4v) is 3.91. The van der Waals surface area contributed by atoms with Crippen molar-refractivity contribution in [2.45, 2.75) is 71.1 Å². The van der Waals surface area contributed by atoms with E-state index in [1.165, 1.54) is 62.7 Å². The van der Waals surface area contributed by atoms with Gasteiger partial charge in [0.2, 0.25) is 0 Å². The molecule has 0 saturated heterocycles. The largest absolute Gasteiger partial charge is 0.484 e. The Morgan fingerprint density at radius 2 is 1.42 bits per heavy atom. The van der Waals surface area contributed by atoms with E-state index in [1.54, 1.807) is 11.3 Å². The molecule has 0 bridgehead atoms. The molecule has 0 amide bonds. The number of rotatable bonds is 13. The minimum Gasteiger partial charge on any atom is -0.484 e. The number of thiophene rings is 1. The summed E-state index contributed by atoms with van der Waals surface area (Å²) in [5, 5.41) is 9.85. The van der Waals surface area contributed by atoms with Crippen molar-refractivity contribution < 1.29 is 4.74 Å². The average molecular weight is 370 g/mol. The van der Waals surface area contributed by atoms with Crippen LogP contribution < -0.4 is 4.74 Å². The van der Waals surface area contributed by atoms with Gasteiger partial charge in [-0.05, 0) is 36.2 Å². The van der Waals surface area contributed by atoms with Crippen molar-refractivity contribution in [3.63, 3.8) is 0 Å². The van der Waals surface area contributed by atoms with E-state index in [4.69, 9.17) is 10.00 Å². The lowest BCUT2D eigenvalue weighted by Crippen LogP contribution is -1.95. The third kappa shape index (κ3) is 7.62. The maximum atomic E-state index is 8.87. The molecule has 2 nitrogen and oxygen atoms in total. The standard InChI is InChI=1S/C23H31NOS/c1-2-3-4-5-6-7-8-9-10-11-18-25-23-17-16-22(26-23)21-14-12-20(19-24)13-15-21/h12-17H,2-11,18H2,1H3. The first-order valence-corrected chi connectivity index (χ1v) is 10.9. The van der Waals surface area contributed by atoms with Crippen LogP contribution in [0.1, 0.15) is 76.7 Å². The molecule has 1 heterocycles. The van der Waals surface area contributed by atoms with Crippen LogP contribution in [0.25, 0.3) is 10.4 Å². The average Bonchev–Trinajstić information content (AvgIpc) is 3.15. The Morgan fingerprint density at radius 1 is 0.808 bits per heavy atom. The van der Waals surface area contributed by atoms with Crippen molar-refractivity contribution in [3.8, 4) is 21.6 Å². The molecule has 0 unspecified atom stereocenters. The predicted octanol–water partition coefficient (Wildman–Crippen LogP) is 7.59. The minimum absolute atomic E-state index is 0.697. The topological polar surface area (TPSA) is 33.0 Å². The summed E-state index contributed by atoms with van der Waals surface area (Å²) in [7, 11) is 0. The maximum Gasteiger partial charge on any atom is 0.174 e. The lowest BCUT2D eigenvalue weighted by atomic mass is 10.1. The predicted molar refractivity (Wildman–Crippen MR) is 112 cm³/mol. The minimum atomic E-state index is 0.697. The Morgan fingerprint density at radius 3 is 2.04 bits per heavy atom. The smallest absolute Gasteiger partial charge is 0.174 e. The summed E-state index contributed by atoms with van der Waals surface area (Å²) in [4.78, 5) is 1.19. The number of nitrogens with zero attached hydrogens (tertiary/aromatic N) is 1. The van der Waals surface area contributed by atoms with Crippen molar-refractivity contribution in [2.24, 2.45) is 0 Å². The lowest BCUT2D eigenvalue weighted by Gasteiger charge is -2.04. The third-order valence-electron chi connectivity index (χ3n) is 4.62. The van der Waals surface area contributed by atoms with Crippen molar-refractivity contribution >= 4 is 11.3 Å². The Hall–Kier alpha value is -1.79. The molecule has 2 rings (SSSR count). The van der Waals surface area contributed by atoms with Gasteiger partial charge in [0, 0.05) is 4.88 Å². The van der Waals surface area contributed by atoms with E-state index < -0.39 is 0 Å². The molecule has 2 aromatic rings. The molecule has 1 aromatic carbocycles. The van der Waals surface area contributed by atoms with Gasteiger partial charge in [-0.25, -0.2) is 0 Å². The lowest BCUT2D eigenvalue weighted by molar-refractivity contribution is 0.312. The van der Waals surface area contributed by atoms with Gasteiger partial charge in [0.1, 0.15) is 0 Å². The monoisotopic (exact) mass is 369 g/mol. The van der Waals surface area contributed by atoms with Gasteiger partial charge in [-0.3, -0.25) is 0 Å². The van der Waals surface area contributed by atoms with Crippen molar-refractivity contribution in [1.82, 2.24) is 0 Å². The normalized spacial score (nSPS) is 10.6. The fourth-order valence-electron chi connectivity index (χ4n) is 3.02. The summed E-state index contributed by atoms with van der Waals surface area (Å²) < 4.78 is 5.89. The molecule has 0 radical (unpaired) electrons. The van der Waals surface area contributed by atoms with E-state index in [0.29, 0.717) is 5.56 Å². The number of hydrogen-bond donors (Lipinski definition) is 0. The second kappa shape index (κ2) is 12.5. The SMILES string of the molecule is CCCCCCCCCCCCOc1ccc(-c2ccc(C#N)cc2)s1. The zero-order valence-corrected chi connectivity index (χ0v) is 16.8. The molecule has 0 aliphatic heterocycles. The molecule has 3 heteroatoms. The highest BCUT2D eigenvalue weighted by molar-refractivity contribution is 7.17. The number of unbranched alkanes of at least 4 members (excludes halogenated alkanes) is 9. The first kappa shape index (κ1) is 20.5. The number of hydrogen-bond acceptors (Lipinski definition) is 3. The van der Waals surface area contributed by atoms with Crippen LogP contribution in [0.2, 0.25) is 0 Å². The first-order chi connectivity index (χ1) is 12.8. The highest BCUT2D eigenvalue weighted by atomic mass is 32.1. The molecule has 0 spiro atoms. The maximum absolute atomic E-state index is 8.87. The molecular weight excluding hydrogens is 338 g/mol. The van der Waals surface area contributed by atoms with Crippen LogP contribution in [0.3, 0.4) is 0 Å². The second-order valence-electron chi connectivity index (χ2n) is 6.84. The zero-order valence-electron chi connectivity index (χ0n) is 16.0. The van der Waals surface area contributed by atoms with Crippen molar-refractivity contribution in [2.75, 3.05) is 6.61 Å². The van der Waals surface area contributed by atoms with Gasteiger partial charge >= 0.3 is 0 Å². The van der Waals surface area contributed by atoms with Crippen LogP contribution in [-0.4, -0.2) is 6.61 Å². The summed E-state index contributed by atoms with van der Waals surface area (Å²) >= 11 is 1.68. The van der Waals surface area contributed by atoms with Gasteiger partial charge in [-0.1, -0.05) is 88.2 Å². The van der Waals surface area contributed by atoms with Crippen LogP contribution in [0.4, 0.5) is 0 Å². The summed E-state index contributed by atoms with van der Waals surface area (Å²) in [6.45, 7) is 3.08. The fraction of sp³-hybridized carbons (Fsp3) is 0.522. The van der Waals surface area contributed by atoms with Crippen LogP contribution in [0, 0.1) is 11.3 Å². The van der Waals surface area contributed by atoms with E-state index in [0.717, 1.165) is 23.7 Å². The molecule has 0 saturated carbocycles. The van der Waals surface area contributed by atoms with E-state index in [2.05, 4.69) is 25.1 Å². The highest BCUT2D eigenvalue weighted by Crippen LogP contribution is 2.33. The van der Waals surface area contributed by atoms with Gasteiger partial charge in [-0.2, -0.15) is 5.26 Å². The van der Waals surface area contributed by atoms with Crippen LogP contribution in [0.15, 0.2) is 36.4 Å². The highest BCUT2D eigenvalue weighted by Gasteiger charge is 2.04. The Labute approximate surface area is 162 Å². The Balaban J connectivity index is 1.55. The molecular formula is C23H31NOS. The number of ether oxygens (including phenoxy) is 1. The van der Waals surface area contributed by atoms with Crippen molar-refractivity contribution in [3.05, 3.63) is 42.0 Å². The zero-order chi connectivity index (χ0) is 18.5. The molecule has 0 aliphatic rings. The quantitative estimate of drug-likeness (QED) is 0.341. The van der Waals surface area contributed by atoms with Crippen molar-refractivity contribution in [1.29, 1.82) is 5.26 Å². The van der Waals surface area contributed by atoms with Crippen LogP contribution >= 0.6 is 11.3 Å². The van der Waals surface area contributed by atoms with Gasteiger partial charge in [0.15, 0.2) is 5.06 Å². The molecule has 1 aromatic heterocycles. The van der Waals surface area contributed by atoms with Gasteiger partial charge in [0.05, 0.1) is 18.2 Å². The molecule has 0 aliphatic carbocycles. The summed E-state index contributed by atoms with van der Waals surface area (Å²) in [6, 6.07) is 14.0. The summed E-state index contributed by atoms with van der Waals surface area (Å²) in [6.07, 6.45) is 13.5. The Kier molecular flexibility index (Phi) is 9.90. The molecule has 0 atom stereocenters. The molecule has 26 heavy (non-hydrogen) atoms. The van der Waals surface area contributed by atoms with E-state index >= 15 is 0 Å². The molecule has 0 fully saturated rings. The van der Waals surface area contributed by atoms with Crippen LogP contribution in [0.5, 0.6) is 5.06 Å². The third-order valence-corrected chi connectivity index (χ3v) is 5.67. The van der Waals surface area contributed by atoms with E-state index in [-0.39, 0.29) is 0 Å². The van der Waals surface area contributed by atoms with Gasteiger partial charge in [-0.15, -0.1) is 0 Å². The number of benzene rings is 1.